The lowest BCUT2D eigenvalue weighted by Crippen LogP contribution is -2.19. The number of aromatic hydroxyl groups is 1. The molecule has 0 bridgehead atoms. The molecule has 3 rings (SSSR count). The van der Waals surface area contributed by atoms with Crippen molar-refractivity contribution in [2.24, 2.45) is 0 Å². The fourth-order valence-electron chi connectivity index (χ4n) is 2.71. The zero-order valence-electron chi connectivity index (χ0n) is 10.3. The van der Waals surface area contributed by atoms with E-state index in [0.717, 1.165) is 37.4 Å². The Morgan fingerprint density at radius 3 is 3.06 bits per heavy atom. The lowest BCUT2D eigenvalue weighted by atomic mass is 10.1. The van der Waals surface area contributed by atoms with E-state index in [4.69, 9.17) is 11.6 Å². The third-order valence-electron chi connectivity index (χ3n) is 3.71. The Labute approximate surface area is 111 Å². The summed E-state index contributed by atoms with van der Waals surface area (Å²) in [6.07, 6.45) is 1.07. The molecule has 0 spiro atoms. The van der Waals surface area contributed by atoms with Crippen LogP contribution in [0.4, 0.5) is 0 Å². The molecule has 0 aliphatic carbocycles. The summed E-state index contributed by atoms with van der Waals surface area (Å²) in [6, 6.07) is 5.33. The Morgan fingerprint density at radius 1 is 1.50 bits per heavy atom. The highest BCUT2D eigenvalue weighted by molar-refractivity contribution is 6.32. The molecule has 1 N–H and O–H groups in total. The molecule has 0 amide bonds. The Balaban J connectivity index is 2.07. The van der Waals surface area contributed by atoms with Gasteiger partial charge in [-0.3, -0.25) is 4.40 Å². The average Bonchev–Trinajstić information content (AvgIpc) is 2.95. The molecule has 5 heteroatoms. The van der Waals surface area contributed by atoms with Crippen molar-refractivity contribution in [3.63, 3.8) is 0 Å². The van der Waals surface area contributed by atoms with Crippen molar-refractivity contribution in [2.75, 3.05) is 19.6 Å². The van der Waals surface area contributed by atoms with Crippen LogP contribution in [-0.2, 0) is 0 Å². The smallest absolute Gasteiger partial charge is 0.197 e. The highest BCUT2D eigenvalue weighted by atomic mass is 35.5. The molecule has 2 aromatic heterocycles. The predicted molar refractivity (Wildman–Crippen MR) is 71.3 cm³/mol. The Hall–Kier alpha value is -1.26. The molecule has 1 aliphatic heterocycles. The number of nitrogens with zero attached hydrogens (tertiary/aromatic N) is 3. The first kappa shape index (κ1) is 11.8. The van der Waals surface area contributed by atoms with Crippen LogP contribution in [0, 0.1) is 0 Å². The van der Waals surface area contributed by atoms with Gasteiger partial charge in [-0.15, -0.1) is 0 Å². The maximum absolute atomic E-state index is 10.00. The topological polar surface area (TPSA) is 40.8 Å². The van der Waals surface area contributed by atoms with E-state index < -0.39 is 0 Å². The zero-order valence-corrected chi connectivity index (χ0v) is 11.1. The van der Waals surface area contributed by atoms with Crippen molar-refractivity contribution in [3.8, 4) is 5.88 Å². The summed E-state index contributed by atoms with van der Waals surface area (Å²) in [4.78, 5) is 6.83. The third kappa shape index (κ3) is 1.76. The largest absolute Gasteiger partial charge is 0.494 e. The second-order valence-electron chi connectivity index (χ2n) is 4.74. The summed E-state index contributed by atoms with van der Waals surface area (Å²) in [6.45, 7) is 5.29. The van der Waals surface area contributed by atoms with E-state index in [-0.39, 0.29) is 5.88 Å². The van der Waals surface area contributed by atoms with Gasteiger partial charge in [0.15, 0.2) is 11.0 Å². The van der Waals surface area contributed by atoms with E-state index in [1.807, 2.05) is 6.07 Å². The van der Waals surface area contributed by atoms with Gasteiger partial charge in [-0.1, -0.05) is 24.6 Å². The molecule has 18 heavy (non-hydrogen) atoms. The van der Waals surface area contributed by atoms with Crippen LogP contribution >= 0.6 is 11.6 Å². The summed E-state index contributed by atoms with van der Waals surface area (Å²) in [5.41, 5.74) is 0.779. The quantitative estimate of drug-likeness (QED) is 0.907. The van der Waals surface area contributed by atoms with Crippen LogP contribution < -0.4 is 0 Å². The van der Waals surface area contributed by atoms with Crippen LogP contribution in [0.15, 0.2) is 18.2 Å². The number of imidazole rings is 1. The molecule has 96 valence electrons. The molecule has 0 radical (unpaired) electrons. The number of halogens is 1. The molecule has 1 aliphatic rings. The maximum Gasteiger partial charge on any atom is 0.197 e. The van der Waals surface area contributed by atoms with Crippen molar-refractivity contribution in [2.45, 2.75) is 19.3 Å². The second-order valence-corrected chi connectivity index (χ2v) is 5.10. The van der Waals surface area contributed by atoms with Gasteiger partial charge in [-0.2, -0.15) is 0 Å². The number of hydrogen-bond donors (Lipinski definition) is 1. The Morgan fingerprint density at radius 2 is 2.33 bits per heavy atom. The fourth-order valence-corrected chi connectivity index (χ4v) is 2.95. The minimum atomic E-state index is 0.205. The maximum atomic E-state index is 10.00. The van der Waals surface area contributed by atoms with Crippen LogP contribution in [0.5, 0.6) is 5.88 Å². The van der Waals surface area contributed by atoms with Gasteiger partial charge in [0.2, 0.25) is 0 Å². The lowest BCUT2D eigenvalue weighted by Gasteiger charge is -2.12. The fraction of sp³-hybridized carbons (Fsp3) is 0.462. The van der Waals surface area contributed by atoms with E-state index in [9.17, 15) is 5.11 Å². The predicted octanol–water partition coefficient (Wildman–Crippen LogP) is 2.50. The van der Waals surface area contributed by atoms with Crippen LogP contribution in [0.1, 0.15) is 25.1 Å². The molecule has 2 aromatic rings. The van der Waals surface area contributed by atoms with Crippen LogP contribution in [-0.4, -0.2) is 39.0 Å². The van der Waals surface area contributed by atoms with Gasteiger partial charge in [0, 0.05) is 12.5 Å². The van der Waals surface area contributed by atoms with Gasteiger partial charge in [0.1, 0.15) is 5.82 Å². The summed E-state index contributed by atoms with van der Waals surface area (Å²) in [5.74, 6) is 1.43. The van der Waals surface area contributed by atoms with Gasteiger partial charge in [-0.05, 0) is 31.6 Å². The molecule has 4 nitrogen and oxygen atoms in total. The highest BCUT2D eigenvalue weighted by Gasteiger charge is 2.27. The second kappa shape index (κ2) is 4.44. The highest BCUT2D eigenvalue weighted by Crippen LogP contribution is 2.32. The van der Waals surface area contributed by atoms with Crippen LogP contribution in [0.3, 0.4) is 0 Å². The van der Waals surface area contributed by atoms with Gasteiger partial charge in [0.25, 0.3) is 0 Å². The van der Waals surface area contributed by atoms with E-state index in [2.05, 4.69) is 16.8 Å². The minimum absolute atomic E-state index is 0.205. The standard InChI is InChI=1S/C13H16ClN3O/c1-2-16-7-6-9(8-16)13-15-12(14)10-4-3-5-11(18)17(10)13/h3-5,9,18H,2,6-8H2,1H3. The monoisotopic (exact) mass is 265 g/mol. The van der Waals surface area contributed by atoms with Crippen LogP contribution in [0.2, 0.25) is 5.15 Å². The molecule has 1 atom stereocenters. The number of pyridine rings is 1. The molecular weight excluding hydrogens is 250 g/mol. The first-order valence-electron chi connectivity index (χ1n) is 6.29. The summed E-state index contributed by atoms with van der Waals surface area (Å²) in [7, 11) is 0. The number of rotatable bonds is 2. The first-order chi connectivity index (χ1) is 8.70. The molecular formula is C13H16ClN3O. The summed E-state index contributed by atoms with van der Waals surface area (Å²) >= 11 is 6.14. The van der Waals surface area contributed by atoms with Gasteiger partial charge in [0.05, 0.1) is 5.52 Å². The van der Waals surface area contributed by atoms with Crippen molar-refractivity contribution < 1.29 is 5.11 Å². The van der Waals surface area contributed by atoms with E-state index in [1.54, 1.807) is 16.5 Å². The van der Waals surface area contributed by atoms with E-state index in [0.29, 0.717) is 11.1 Å². The number of hydrogen-bond acceptors (Lipinski definition) is 3. The Bertz CT molecular complexity index is 581. The number of aromatic nitrogens is 2. The van der Waals surface area contributed by atoms with Gasteiger partial charge < -0.3 is 10.0 Å². The average molecular weight is 266 g/mol. The summed E-state index contributed by atoms with van der Waals surface area (Å²) < 4.78 is 1.77. The third-order valence-corrected chi connectivity index (χ3v) is 3.99. The normalized spacial score (nSPS) is 20.9. The summed E-state index contributed by atoms with van der Waals surface area (Å²) in [5, 5.41) is 10.5. The van der Waals surface area contributed by atoms with Gasteiger partial charge >= 0.3 is 0 Å². The number of likely N-dealkylation sites (N-methyl/N-ethyl adjacent to an activating group) is 1. The van der Waals surface area contributed by atoms with Crippen LogP contribution in [0.25, 0.3) is 5.52 Å². The molecule has 1 unspecified atom stereocenters. The zero-order chi connectivity index (χ0) is 12.7. The molecule has 0 saturated carbocycles. The van der Waals surface area contributed by atoms with Crippen molar-refractivity contribution >= 4 is 17.1 Å². The van der Waals surface area contributed by atoms with Crippen molar-refractivity contribution in [1.29, 1.82) is 0 Å². The van der Waals surface area contributed by atoms with Crippen molar-refractivity contribution in [1.82, 2.24) is 14.3 Å². The lowest BCUT2D eigenvalue weighted by molar-refractivity contribution is 0.351. The van der Waals surface area contributed by atoms with E-state index in [1.165, 1.54) is 0 Å². The molecule has 0 aromatic carbocycles. The molecule has 3 heterocycles. The number of likely N-dealkylation sites (tertiary alicyclic amines) is 1. The SMILES string of the molecule is CCN1CCC(c2nc(Cl)c3cccc(O)n23)C1. The van der Waals surface area contributed by atoms with Gasteiger partial charge in [-0.25, -0.2) is 4.98 Å². The molecule has 1 saturated heterocycles. The Kier molecular flexibility index (Phi) is 2.92. The minimum Gasteiger partial charge on any atom is -0.494 e. The van der Waals surface area contributed by atoms with Crippen molar-refractivity contribution in [3.05, 3.63) is 29.2 Å². The number of fused-ring (bicyclic) bond motifs is 1. The molecule has 1 fully saturated rings. The van der Waals surface area contributed by atoms with E-state index >= 15 is 0 Å². The first-order valence-corrected chi connectivity index (χ1v) is 6.66.